The van der Waals surface area contributed by atoms with Crippen LogP contribution in [0.1, 0.15) is 26.7 Å². The van der Waals surface area contributed by atoms with Gasteiger partial charge in [-0.2, -0.15) is 5.26 Å². The van der Waals surface area contributed by atoms with Crippen LogP contribution >= 0.6 is 11.3 Å². The summed E-state index contributed by atoms with van der Waals surface area (Å²) in [5.41, 5.74) is 8.96. The lowest BCUT2D eigenvalue weighted by atomic mass is 9.82. The molecule has 0 saturated carbocycles. The van der Waals surface area contributed by atoms with E-state index in [-0.39, 0.29) is 34.6 Å². The molecule has 2 aromatic carbocycles. The topological polar surface area (TPSA) is 142 Å². The molecule has 2 aromatic heterocycles. The Morgan fingerprint density at radius 1 is 1.11 bits per heavy atom. The maximum Gasteiger partial charge on any atom is 0.353 e. The number of ether oxygens (including phenoxy) is 5. The molecular formula is C27H22N4O6S. The first-order chi connectivity index (χ1) is 18.5. The zero-order valence-electron chi connectivity index (χ0n) is 20.6. The second-order valence-electron chi connectivity index (χ2n) is 8.09. The number of carbonyl (C=O) groups is 1. The van der Waals surface area contributed by atoms with Crippen molar-refractivity contribution in [2.45, 2.75) is 5.92 Å². The molecule has 1 atom stereocenters. The fraction of sp³-hybridized carbons (Fsp3) is 0.148. The lowest BCUT2D eigenvalue weighted by Crippen LogP contribution is -2.21. The molecule has 0 unspecified atom stereocenters. The largest absolute Gasteiger partial charge is 0.497 e. The van der Waals surface area contributed by atoms with Gasteiger partial charge >= 0.3 is 5.97 Å². The number of H-pyrrole nitrogens is 1. The third kappa shape index (κ3) is 4.27. The summed E-state index contributed by atoms with van der Waals surface area (Å²) >= 11 is 1.26. The molecule has 0 bridgehead atoms. The van der Waals surface area contributed by atoms with E-state index in [4.69, 9.17) is 29.4 Å². The normalized spacial score (nSPS) is 14.2. The number of esters is 1. The summed E-state index contributed by atoms with van der Waals surface area (Å²) in [5, 5.41) is 19.2. The molecule has 0 aliphatic carbocycles. The number of allylic oxidation sites excluding steroid dienone is 1. The van der Waals surface area contributed by atoms with Gasteiger partial charge in [0.1, 0.15) is 22.3 Å². The summed E-state index contributed by atoms with van der Waals surface area (Å²) in [4.78, 5) is 13.1. The van der Waals surface area contributed by atoms with Crippen LogP contribution in [0.2, 0.25) is 0 Å². The van der Waals surface area contributed by atoms with Gasteiger partial charge in [-0.1, -0.05) is 6.07 Å². The van der Waals surface area contributed by atoms with Gasteiger partial charge in [-0.05, 0) is 53.4 Å². The number of nitriles is 1. The number of hydrogen-bond acceptors (Lipinski definition) is 10. The third-order valence-corrected chi connectivity index (χ3v) is 6.90. The van der Waals surface area contributed by atoms with Gasteiger partial charge in [0.25, 0.3) is 0 Å². The molecule has 5 rings (SSSR count). The first-order valence-corrected chi connectivity index (χ1v) is 12.2. The van der Waals surface area contributed by atoms with Crippen LogP contribution in [0, 0.1) is 11.3 Å². The molecule has 192 valence electrons. The van der Waals surface area contributed by atoms with Gasteiger partial charge in [-0.25, -0.2) is 4.79 Å². The standard InChI is InChI=1S/C27H22N4O6S/c1-33-16-8-6-14(7-9-16)23-22-21(17(13-28)25(29)37-26(22)31-30-23)15-11-18(34-2)24(19(12-15)35-3)36-27(32)20-5-4-10-38-20/h4-12,21H,29H2,1-3H3,(H,30,31)/t21-/m1/s1. The molecule has 11 heteroatoms. The van der Waals surface area contributed by atoms with Crippen LogP contribution in [0.3, 0.4) is 0 Å². The summed E-state index contributed by atoms with van der Waals surface area (Å²) in [6.07, 6.45) is 0. The lowest BCUT2D eigenvalue weighted by Gasteiger charge is -2.25. The molecule has 0 spiro atoms. The van der Waals surface area contributed by atoms with Gasteiger partial charge in [-0.15, -0.1) is 16.4 Å². The second-order valence-corrected chi connectivity index (χ2v) is 9.04. The summed E-state index contributed by atoms with van der Waals surface area (Å²) in [7, 11) is 4.49. The van der Waals surface area contributed by atoms with Crippen LogP contribution in [-0.2, 0) is 0 Å². The number of nitrogens with two attached hydrogens (primary N) is 1. The van der Waals surface area contributed by atoms with Gasteiger partial charge in [0.05, 0.1) is 38.5 Å². The number of nitrogens with zero attached hydrogens (tertiary/aromatic N) is 2. The van der Waals surface area contributed by atoms with E-state index < -0.39 is 11.9 Å². The average Bonchev–Trinajstić information content (AvgIpc) is 3.63. The molecule has 3 heterocycles. The summed E-state index contributed by atoms with van der Waals surface area (Å²) in [6.45, 7) is 0. The van der Waals surface area contributed by atoms with Gasteiger partial charge in [0.2, 0.25) is 17.5 Å². The van der Waals surface area contributed by atoms with Crippen LogP contribution in [0.4, 0.5) is 0 Å². The zero-order chi connectivity index (χ0) is 26.8. The number of rotatable bonds is 7. The monoisotopic (exact) mass is 530 g/mol. The van der Waals surface area contributed by atoms with Gasteiger partial charge in [0.15, 0.2) is 11.5 Å². The van der Waals surface area contributed by atoms with Crippen molar-refractivity contribution in [1.29, 1.82) is 5.26 Å². The summed E-state index contributed by atoms with van der Waals surface area (Å²) < 4.78 is 27.8. The smallest absolute Gasteiger partial charge is 0.353 e. The van der Waals surface area contributed by atoms with Gasteiger partial charge < -0.3 is 29.4 Å². The number of aromatic nitrogens is 2. The van der Waals surface area contributed by atoms with Crippen LogP contribution in [0.5, 0.6) is 28.9 Å². The Kier molecular flexibility index (Phi) is 6.64. The number of carbonyl (C=O) groups excluding carboxylic acids is 1. The predicted molar refractivity (Wildman–Crippen MR) is 139 cm³/mol. The number of nitrogens with one attached hydrogen (secondary N) is 1. The SMILES string of the molecule is COc1ccc(-c2[nH]nc3c2[C@H](c2cc(OC)c(OC(=O)c4cccs4)c(OC)c2)C(C#N)=C(N)O3)cc1. The summed E-state index contributed by atoms with van der Waals surface area (Å²) in [5.74, 6) is 0.222. The van der Waals surface area contributed by atoms with E-state index in [0.29, 0.717) is 27.4 Å². The van der Waals surface area contributed by atoms with E-state index in [1.165, 1.54) is 25.6 Å². The molecule has 10 nitrogen and oxygen atoms in total. The predicted octanol–water partition coefficient (Wildman–Crippen LogP) is 4.60. The van der Waals surface area contributed by atoms with E-state index in [0.717, 1.165) is 5.56 Å². The van der Waals surface area contributed by atoms with Crippen LogP contribution < -0.4 is 29.4 Å². The second kappa shape index (κ2) is 10.2. The number of fused-ring (bicyclic) bond motifs is 1. The quantitative estimate of drug-likeness (QED) is 0.259. The minimum Gasteiger partial charge on any atom is -0.497 e. The molecular weight excluding hydrogens is 508 g/mol. The number of aromatic amines is 1. The van der Waals surface area contributed by atoms with Crippen molar-refractivity contribution in [3.8, 4) is 46.2 Å². The van der Waals surface area contributed by atoms with Crippen molar-refractivity contribution in [2.75, 3.05) is 21.3 Å². The van der Waals surface area contributed by atoms with Crippen molar-refractivity contribution in [1.82, 2.24) is 10.2 Å². The molecule has 0 fully saturated rings. The Balaban J connectivity index is 1.65. The van der Waals surface area contributed by atoms with Crippen LogP contribution in [0.25, 0.3) is 11.3 Å². The van der Waals surface area contributed by atoms with Gasteiger partial charge in [0, 0.05) is 5.56 Å². The minimum atomic E-state index is -0.690. The van der Waals surface area contributed by atoms with Crippen molar-refractivity contribution in [2.24, 2.45) is 5.73 Å². The van der Waals surface area contributed by atoms with E-state index in [1.807, 2.05) is 24.3 Å². The number of hydrogen-bond donors (Lipinski definition) is 2. The maximum atomic E-state index is 12.7. The molecule has 1 aliphatic rings. The highest BCUT2D eigenvalue weighted by atomic mass is 32.1. The highest BCUT2D eigenvalue weighted by Gasteiger charge is 2.37. The number of benzene rings is 2. The summed E-state index contributed by atoms with van der Waals surface area (Å²) in [6, 6.07) is 16.3. The van der Waals surface area contributed by atoms with Crippen molar-refractivity contribution in [3.05, 3.63) is 81.4 Å². The highest BCUT2D eigenvalue weighted by molar-refractivity contribution is 7.12. The third-order valence-electron chi connectivity index (χ3n) is 6.05. The fourth-order valence-corrected chi connectivity index (χ4v) is 4.86. The first kappa shape index (κ1) is 24.7. The van der Waals surface area contributed by atoms with Crippen molar-refractivity contribution < 1.29 is 28.5 Å². The molecule has 0 saturated heterocycles. The van der Waals surface area contributed by atoms with Crippen molar-refractivity contribution in [3.63, 3.8) is 0 Å². The molecule has 4 aromatic rings. The molecule has 3 N–H and O–H groups in total. The number of thiophene rings is 1. The zero-order valence-corrected chi connectivity index (χ0v) is 21.4. The van der Waals surface area contributed by atoms with Crippen LogP contribution in [0.15, 0.2) is 65.4 Å². The van der Waals surface area contributed by atoms with Crippen LogP contribution in [-0.4, -0.2) is 37.5 Å². The molecule has 0 radical (unpaired) electrons. The Hall–Kier alpha value is -4.95. The van der Waals surface area contributed by atoms with E-state index in [2.05, 4.69) is 16.3 Å². The first-order valence-electron chi connectivity index (χ1n) is 11.3. The Bertz CT molecular complexity index is 1540. The van der Waals surface area contributed by atoms with Gasteiger partial charge in [-0.3, -0.25) is 5.10 Å². The fourth-order valence-electron chi connectivity index (χ4n) is 4.26. The average molecular weight is 531 g/mol. The Morgan fingerprint density at radius 2 is 1.82 bits per heavy atom. The lowest BCUT2D eigenvalue weighted by molar-refractivity contribution is 0.0729. The molecule has 1 aliphatic heterocycles. The number of methoxy groups -OCH3 is 3. The van der Waals surface area contributed by atoms with E-state index >= 15 is 0 Å². The Labute approximate surface area is 221 Å². The van der Waals surface area contributed by atoms with E-state index in [9.17, 15) is 10.1 Å². The van der Waals surface area contributed by atoms with E-state index in [1.54, 1.807) is 36.8 Å². The van der Waals surface area contributed by atoms with Crippen molar-refractivity contribution >= 4 is 17.3 Å². The molecule has 38 heavy (non-hydrogen) atoms. The molecule has 0 amide bonds. The maximum absolute atomic E-state index is 12.7. The Morgan fingerprint density at radius 3 is 2.39 bits per heavy atom. The highest BCUT2D eigenvalue weighted by Crippen LogP contribution is 2.49. The minimum absolute atomic E-state index is 0.0658.